The molecule has 0 saturated carbocycles. The molecular weight excluding hydrogens is 510 g/mol. The molecule has 1 aromatic carbocycles. The minimum atomic E-state index is 0.122. The van der Waals surface area contributed by atoms with Crippen molar-refractivity contribution in [1.82, 2.24) is 4.98 Å². The summed E-state index contributed by atoms with van der Waals surface area (Å²) in [5, 5.41) is 4.77. The van der Waals surface area contributed by atoms with Crippen molar-refractivity contribution in [1.29, 1.82) is 0 Å². The number of benzene rings is 1. The van der Waals surface area contributed by atoms with Crippen LogP contribution in [-0.2, 0) is 4.84 Å². The van der Waals surface area contributed by atoms with Gasteiger partial charge in [-0.2, -0.15) is 0 Å². The molecular formula is C23H26Cl4N2O4. The van der Waals surface area contributed by atoms with Crippen LogP contribution in [0.5, 0.6) is 17.4 Å². The molecule has 0 unspecified atom stereocenters. The van der Waals surface area contributed by atoms with E-state index in [1.54, 1.807) is 24.4 Å². The summed E-state index contributed by atoms with van der Waals surface area (Å²) >= 11 is 23.6. The van der Waals surface area contributed by atoms with Crippen molar-refractivity contribution >= 4 is 52.1 Å². The molecule has 33 heavy (non-hydrogen) atoms. The van der Waals surface area contributed by atoms with Crippen LogP contribution < -0.4 is 14.2 Å². The molecule has 1 heterocycles. The minimum Gasteiger partial charge on any atom is -0.490 e. The van der Waals surface area contributed by atoms with E-state index in [1.165, 1.54) is 6.08 Å². The van der Waals surface area contributed by atoms with Crippen LogP contribution in [0.3, 0.4) is 0 Å². The number of aromatic nitrogens is 1. The Balaban J connectivity index is 1.75. The van der Waals surface area contributed by atoms with E-state index in [2.05, 4.69) is 17.1 Å². The number of rotatable bonds is 14. The molecule has 0 spiro atoms. The second-order valence-electron chi connectivity index (χ2n) is 6.82. The molecule has 0 aliphatic carbocycles. The van der Waals surface area contributed by atoms with Crippen LogP contribution in [0.2, 0.25) is 10.0 Å². The fraction of sp³-hybridized carbons (Fsp3) is 0.391. The van der Waals surface area contributed by atoms with Gasteiger partial charge < -0.3 is 19.0 Å². The Kier molecular flexibility index (Phi) is 12.5. The second-order valence-corrected chi connectivity index (χ2v) is 8.64. The van der Waals surface area contributed by atoms with Crippen molar-refractivity contribution in [2.24, 2.45) is 5.16 Å². The molecule has 10 heteroatoms. The number of ether oxygens (including phenoxy) is 3. The molecule has 0 amide bonds. The molecule has 0 saturated heterocycles. The fourth-order valence-corrected chi connectivity index (χ4v) is 3.15. The highest BCUT2D eigenvalue weighted by atomic mass is 35.5. The summed E-state index contributed by atoms with van der Waals surface area (Å²) in [5.74, 6) is 1.38. The molecule has 0 N–H and O–H groups in total. The maximum absolute atomic E-state index is 6.26. The number of hydrogen-bond acceptors (Lipinski definition) is 6. The van der Waals surface area contributed by atoms with Crippen LogP contribution in [-0.4, -0.2) is 37.1 Å². The van der Waals surface area contributed by atoms with Gasteiger partial charge in [0.15, 0.2) is 5.75 Å². The van der Waals surface area contributed by atoms with Crippen LogP contribution in [0, 0.1) is 0 Å². The highest BCUT2D eigenvalue weighted by Crippen LogP contribution is 2.37. The molecule has 2 aromatic rings. The number of unbranched alkanes of at least 4 members (excludes halogenated alkanes) is 1. The highest BCUT2D eigenvalue weighted by molar-refractivity contribution is 6.55. The third kappa shape index (κ3) is 10.3. The largest absolute Gasteiger partial charge is 0.490 e. The van der Waals surface area contributed by atoms with Crippen molar-refractivity contribution in [3.05, 3.63) is 56.6 Å². The van der Waals surface area contributed by atoms with Crippen LogP contribution in [0.1, 0.15) is 38.7 Å². The SMILES string of the molecule is CCCCON=C(C)c1ccc(OCCCOc2c(Cl)cc(OCC=C(Cl)Cl)cc2Cl)nc1. The molecule has 0 atom stereocenters. The number of hydrogen-bond donors (Lipinski definition) is 0. The second kappa shape index (κ2) is 15.1. The van der Waals surface area contributed by atoms with E-state index in [4.69, 9.17) is 65.5 Å². The Morgan fingerprint density at radius 3 is 2.36 bits per heavy atom. The van der Waals surface area contributed by atoms with E-state index in [0.29, 0.717) is 53.7 Å². The van der Waals surface area contributed by atoms with Gasteiger partial charge in [0.05, 0.1) is 29.0 Å². The van der Waals surface area contributed by atoms with Gasteiger partial charge in [-0.25, -0.2) is 4.98 Å². The summed E-state index contributed by atoms with van der Waals surface area (Å²) in [5.41, 5.74) is 1.64. The maximum Gasteiger partial charge on any atom is 0.213 e. The lowest BCUT2D eigenvalue weighted by molar-refractivity contribution is 0.141. The smallest absolute Gasteiger partial charge is 0.213 e. The Hall–Kier alpha value is -1.86. The fourth-order valence-electron chi connectivity index (χ4n) is 2.45. The van der Waals surface area contributed by atoms with Crippen molar-refractivity contribution < 1.29 is 19.0 Å². The summed E-state index contributed by atoms with van der Waals surface area (Å²) < 4.78 is 17.0. The van der Waals surface area contributed by atoms with Gasteiger partial charge in [0.2, 0.25) is 5.88 Å². The van der Waals surface area contributed by atoms with Gasteiger partial charge in [0.1, 0.15) is 23.5 Å². The van der Waals surface area contributed by atoms with Crippen LogP contribution in [0.4, 0.5) is 0 Å². The minimum absolute atomic E-state index is 0.122. The molecule has 1 aromatic heterocycles. The van der Waals surface area contributed by atoms with Crippen LogP contribution >= 0.6 is 46.4 Å². The number of halogens is 4. The van der Waals surface area contributed by atoms with Gasteiger partial charge in [0, 0.05) is 36.4 Å². The van der Waals surface area contributed by atoms with Crippen molar-refractivity contribution in [3.8, 4) is 17.4 Å². The summed E-state index contributed by atoms with van der Waals surface area (Å²) in [6.07, 6.45) is 5.87. The zero-order valence-corrected chi connectivity index (χ0v) is 21.5. The standard InChI is InChI=1S/C23H26Cl4N2O4/c1-3-4-11-33-29-16(2)17-6-7-22(28-15-17)31-9-5-10-32-23-19(24)13-18(14-20(23)25)30-12-8-21(26)27/h6-8,13-15H,3-5,9-12H2,1-2H3. The van der Waals surface area contributed by atoms with Gasteiger partial charge in [-0.3, -0.25) is 0 Å². The first-order valence-electron chi connectivity index (χ1n) is 10.4. The first-order chi connectivity index (χ1) is 15.9. The van der Waals surface area contributed by atoms with Gasteiger partial charge in [-0.1, -0.05) is 64.9 Å². The van der Waals surface area contributed by atoms with Crippen molar-refractivity contribution in [2.45, 2.75) is 33.1 Å². The normalized spacial score (nSPS) is 11.2. The summed E-state index contributed by atoms with van der Waals surface area (Å²) in [6.45, 7) is 5.57. The van der Waals surface area contributed by atoms with Gasteiger partial charge in [-0.05, 0) is 25.5 Å². The van der Waals surface area contributed by atoms with E-state index in [0.717, 1.165) is 24.1 Å². The summed E-state index contributed by atoms with van der Waals surface area (Å²) in [7, 11) is 0. The molecule has 180 valence electrons. The van der Waals surface area contributed by atoms with Gasteiger partial charge in [-0.15, -0.1) is 0 Å². The number of pyridine rings is 1. The summed E-state index contributed by atoms with van der Waals surface area (Å²) in [4.78, 5) is 9.57. The zero-order chi connectivity index (χ0) is 24.1. The monoisotopic (exact) mass is 534 g/mol. The molecule has 0 radical (unpaired) electrons. The van der Waals surface area contributed by atoms with E-state index in [9.17, 15) is 0 Å². The van der Waals surface area contributed by atoms with Gasteiger partial charge >= 0.3 is 0 Å². The Bertz CT molecular complexity index is 910. The van der Waals surface area contributed by atoms with E-state index >= 15 is 0 Å². The lowest BCUT2D eigenvalue weighted by Crippen LogP contribution is -2.07. The van der Waals surface area contributed by atoms with Crippen LogP contribution in [0.15, 0.2) is 46.2 Å². The Morgan fingerprint density at radius 2 is 1.73 bits per heavy atom. The third-order valence-corrected chi connectivity index (χ3v) is 5.06. The van der Waals surface area contributed by atoms with Crippen molar-refractivity contribution in [3.63, 3.8) is 0 Å². The molecule has 0 fully saturated rings. The third-order valence-electron chi connectivity index (χ3n) is 4.19. The van der Waals surface area contributed by atoms with E-state index in [-0.39, 0.29) is 11.1 Å². The quantitative estimate of drug-likeness (QED) is 0.142. The van der Waals surface area contributed by atoms with E-state index in [1.807, 2.05) is 13.0 Å². The van der Waals surface area contributed by atoms with Gasteiger partial charge in [0.25, 0.3) is 0 Å². The molecule has 6 nitrogen and oxygen atoms in total. The predicted octanol–water partition coefficient (Wildman–Crippen LogP) is 7.47. The lowest BCUT2D eigenvalue weighted by atomic mass is 10.2. The van der Waals surface area contributed by atoms with Crippen molar-refractivity contribution in [2.75, 3.05) is 26.4 Å². The predicted molar refractivity (Wildman–Crippen MR) is 135 cm³/mol. The number of nitrogens with zero attached hydrogens (tertiary/aromatic N) is 2. The average molecular weight is 536 g/mol. The molecule has 0 aliphatic rings. The highest BCUT2D eigenvalue weighted by Gasteiger charge is 2.11. The topological polar surface area (TPSA) is 62.2 Å². The Labute approximate surface area is 214 Å². The Morgan fingerprint density at radius 1 is 1.00 bits per heavy atom. The first kappa shape index (κ1) is 27.4. The average Bonchev–Trinajstić information content (AvgIpc) is 2.78. The molecule has 2 rings (SSSR count). The lowest BCUT2D eigenvalue weighted by Gasteiger charge is -2.12. The molecule has 0 bridgehead atoms. The zero-order valence-electron chi connectivity index (χ0n) is 18.5. The maximum atomic E-state index is 6.26. The van der Waals surface area contributed by atoms with E-state index < -0.39 is 0 Å². The first-order valence-corrected chi connectivity index (χ1v) is 11.9. The number of oxime groups is 1. The summed E-state index contributed by atoms with van der Waals surface area (Å²) in [6, 6.07) is 6.91. The molecule has 0 aliphatic heterocycles. The van der Waals surface area contributed by atoms with Crippen LogP contribution in [0.25, 0.3) is 0 Å².